The quantitative estimate of drug-likeness (QED) is 0.793. The SMILES string of the molecule is COC(=O)N1CCC(NC(=O)c2sc(COc3ccc(Cl)cc3)nc2C)CC1. The number of amides is 2. The first-order chi connectivity index (χ1) is 13.5. The van der Waals surface area contributed by atoms with Crippen molar-refractivity contribution in [1.82, 2.24) is 15.2 Å². The summed E-state index contributed by atoms with van der Waals surface area (Å²) in [5, 5.41) is 4.43. The molecule has 7 nitrogen and oxygen atoms in total. The third kappa shape index (κ3) is 5.14. The zero-order valence-corrected chi connectivity index (χ0v) is 17.3. The number of ether oxygens (including phenoxy) is 2. The van der Waals surface area contributed by atoms with E-state index in [-0.39, 0.29) is 24.6 Å². The van der Waals surface area contributed by atoms with E-state index in [9.17, 15) is 9.59 Å². The van der Waals surface area contributed by atoms with Crippen LogP contribution in [-0.2, 0) is 11.3 Å². The Hall–Kier alpha value is -2.32. The van der Waals surface area contributed by atoms with Crippen molar-refractivity contribution in [2.24, 2.45) is 0 Å². The van der Waals surface area contributed by atoms with E-state index in [2.05, 4.69) is 10.3 Å². The Morgan fingerprint density at radius 2 is 1.96 bits per heavy atom. The Bertz CT molecular complexity index is 832. The number of aryl methyl sites for hydroxylation is 1. The van der Waals surface area contributed by atoms with Crippen molar-refractivity contribution in [2.75, 3.05) is 20.2 Å². The number of thiazole rings is 1. The Kier molecular flexibility index (Phi) is 6.74. The lowest BCUT2D eigenvalue weighted by Gasteiger charge is -2.31. The van der Waals surface area contributed by atoms with Gasteiger partial charge in [-0.25, -0.2) is 9.78 Å². The first kappa shape index (κ1) is 20.4. The fourth-order valence-electron chi connectivity index (χ4n) is 2.99. The Morgan fingerprint density at radius 1 is 1.29 bits per heavy atom. The molecule has 0 unspecified atom stereocenters. The molecule has 1 aromatic carbocycles. The highest BCUT2D eigenvalue weighted by molar-refractivity contribution is 7.13. The van der Waals surface area contributed by atoms with Gasteiger partial charge in [-0.15, -0.1) is 11.3 Å². The molecule has 3 rings (SSSR count). The van der Waals surface area contributed by atoms with Crippen molar-refractivity contribution in [3.8, 4) is 5.75 Å². The van der Waals surface area contributed by atoms with Crippen LogP contribution in [0.5, 0.6) is 5.75 Å². The Balaban J connectivity index is 1.53. The van der Waals surface area contributed by atoms with E-state index in [0.717, 1.165) is 5.01 Å². The summed E-state index contributed by atoms with van der Waals surface area (Å²) in [5.74, 6) is 0.560. The number of rotatable bonds is 5. The number of hydrogen-bond donors (Lipinski definition) is 1. The van der Waals surface area contributed by atoms with Gasteiger partial charge in [0.05, 0.1) is 12.8 Å². The molecule has 28 heavy (non-hydrogen) atoms. The van der Waals surface area contributed by atoms with Crippen molar-refractivity contribution in [1.29, 1.82) is 0 Å². The molecule has 2 amide bonds. The van der Waals surface area contributed by atoms with Gasteiger partial charge in [-0.05, 0) is 44.0 Å². The molecule has 1 fully saturated rings. The number of hydrogen-bond acceptors (Lipinski definition) is 6. The average Bonchev–Trinajstić information content (AvgIpc) is 3.08. The number of nitrogens with one attached hydrogen (secondary N) is 1. The molecule has 1 N–H and O–H groups in total. The Morgan fingerprint density at radius 3 is 2.61 bits per heavy atom. The molecule has 1 aliphatic rings. The minimum atomic E-state index is -0.326. The molecule has 2 heterocycles. The number of aromatic nitrogens is 1. The molecule has 0 radical (unpaired) electrons. The van der Waals surface area contributed by atoms with E-state index in [0.29, 0.717) is 47.3 Å². The second-order valence-electron chi connectivity index (χ2n) is 6.47. The highest BCUT2D eigenvalue weighted by Crippen LogP contribution is 2.22. The summed E-state index contributed by atoms with van der Waals surface area (Å²) in [6.07, 6.45) is 1.07. The molecule has 0 spiro atoms. The van der Waals surface area contributed by atoms with Gasteiger partial charge in [0.1, 0.15) is 22.2 Å². The highest BCUT2D eigenvalue weighted by Gasteiger charge is 2.25. The Labute approximate surface area is 172 Å². The van der Waals surface area contributed by atoms with Gasteiger partial charge in [-0.3, -0.25) is 4.79 Å². The molecule has 0 aliphatic carbocycles. The number of methoxy groups -OCH3 is 1. The predicted octanol–water partition coefficient (Wildman–Crippen LogP) is 3.64. The van der Waals surface area contributed by atoms with Crippen LogP contribution in [0, 0.1) is 6.92 Å². The molecular weight excluding hydrogens is 402 g/mol. The zero-order chi connectivity index (χ0) is 20.1. The number of nitrogens with zero attached hydrogens (tertiary/aromatic N) is 2. The van der Waals surface area contributed by atoms with Crippen molar-refractivity contribution < 1.29 is 19.1 Å². The average molecular weight is 424 g/mol. The van der Waals surface area contributed by atoms with Crippen LogP contribution < -0.4 is 10.1 Å². The molecule has 0 atom stereocenters. The van der Waals surface area contributed by atoms with Crippen LogP contribution in [0.3, 0.4) is 0 Å². The van der Waals surface area contributed by atoms with Crippen LogP contribution in [0.2, 0.25) is 5.02 Å². The van der Waals surface area contributed by atoms with Crippen molar-refractivity contribution in [2.45, 2.75) is 32.4 Å². The van der Waals surface area contributed by atoms with E-state index < -0.39 is 0 Å². The second-order valence-corrected chi connectivity index (χ2v) is 7.99. The summed E-state index contributed by atoms with van der Waals surface area (Å²) in [6, 6.07) is 7.13. The molecule has 1 aliphatic heterocycles. The minimum Gasteiger partial charge on any atom is -0.486 e. The molecule has 0 bridgehead atoms. The first-order valence-corrected chi connectivity index (χ1v) is 10.1. The van der Waals surface area contributed by atoms with Gasteiger partial charge in [-0.1, -0.05) is 11.6 Å². The van der Waals surface area contributed by atoms with Crippen LogP contribution in [0.4, 0.5) is 4.79 Å². The molecular formula is C19H22ClN3O4S. The first-order valence-electron chi connectivity index (χ1n) is 8.94. The number of piperidine rings is 1. The summed E-state index contributed by atoms with van der Waals surface area (Å²) in [5.41, 5.74) is 0.684. The third-order valence-electron chi connectivity index (χ3n) is 4.49. The number of halogens is 1. The predicted molar refractivity (Wildman–Crippen MR) is 107 cm³/mol. The zero-order valence-electron chi connectivity index (χ0n) is 15.7. The molecule has 9 heteroatoms. The van der Waals surface area contributed by atoms with Gasteiger partial charge in [0.25, 0.3) is 5.91 Å². The normalized spacial score (nSPS) is 14.6. The summed E-state index contributed by atoms with van der Waals surface area (Å²) in [7, 11) is 1.37. The fraction of sp³-hybridized carbons (Fsp3) is 0.421. The fourth-order valence-corrected chi connectivity index (χ4v) is 3.99. The largest absolute Gasteiger partial charge is 0.486 e. The van der Waals surface area contributed by atoms with E-state index in [1.807, 2.05) is 6.92 Å². The topological polar surface area (TPSA) is 80.8 Å². The van der Waals surface area contributed by atoms with E-state index >= 15 is 0 Å². The van der Waals surface area contributed by atoms with Crippen molar-refractivity contribution in [3.05, 3.63) is 44.9 Å². The lowest BCUT2D eigenvalue weighted by atomic mass is 10.1. The van der Waals surface area contributed by atoms with E-state index in [4.69, 9.17) is 21.1 Å². The maximum atomic E-state index is 12.6. The maximum Gasteiger partial charge on any atom is 0.409 e. The molecule has 0 saturated carbocycles. The number of likely N-dealkylation sites (tertiary alicyclic amines) is 1. The minimum absolute atomic E-state index is 0.0312. The number of carbonyl (C=O) groups is 2. The van der Waals surface area contributed by atoms with Gasteiger partial charge in [-0.2, -0.15) is 0 Å². The summed E-state index contributed by atoms with van der Waals surface area (Å²) in [6.45, 7) is 3.24. The van der Waals surface area contributed by atoms with Gasteiger partial charge in [0.15, 0.2) is 0 Å². The van der Waals surface area contributed by atoms with Crippen molar-refractivity contribution in [3.63, 3.8) is 0 Å². The summed E-state index contributed by atoms with van der Waals surface area (Å²) in [4.78, 5) is 30.8. The molecule has 150 valence electrons. The summed E-state index contributed by atoms with van der Waals surface area (Å²) >= 11 is 7.19. The van der Waals surface area contributed by atoms with Crippen LogP contribution in [-0.4, -0.2) is 48.1 Å². The lowest BCUT2D eigenvalue weighted by Crippen LogP contribution is -2.46. The monoisotopic (exact) mass is 423 g/mol. The van der Waals surface area contributed by atoms with Gasteiger partial charge < -0.3 is 19.7 Å². The number of benzene rings is 1. The standard InChI is InChI=1S/C19H22ClN3O4S/c1-12-17(18(24)22-14-7-9-23(10-8-14)19(25)26-2)28-16(21-12)11-27-15-5-3-13(20)4-6-15/h3-6,14H,7-11H2,1-2H3,(H,22,24). The molecule has 2 aromatic rings. The van der Waals surface area contributed by atoms with Gasteiger partial charge >= 0.3 is 6.09 Å². The lowest BCUT2D eigenvalue weighted by molar-refractivity contribution is 0.0895. The van der Waals surface area contributed by atoms with Gasteiger partial charge in [0.2, 0.25) is 0 Å². The van der Waals surface area contributed by atoms with E-state index in [1.165, 1.54) is 18.4 Å². The maximum absolute atomic E-state index is 12.6. The van der Waals surface area contributed by atoms with Crippen LogP contribution in [0.1, 0.15) is 33.2 Å². The molecule has 1 saturated heterocycles. The summed E-state index contributed by atoms with van der Waals surface area (Å²) < 4.78 is 10.4. The van der Waals surface area contributed by atoms with E-state index in [1.54, 1.807) is 29.2 Å². The van der Waals surface area contributed by atoms with Crippen LogP contribution in [0.15, 0.2) is 24.3 Å². The van der Waals surface area contributed by atoms with Crippen LogP contribution in [0.25, 0.3) is 0 Å². The second kappa shape index (κ2) is 9.25. The van der Waals surface area contributed by atoms with Gasteiger partial charge in [0, 0.05) is 24.2 Å². The number of carbonyl (C=O) groups excluding carboxylic acids is 2. The smallest absolute Gasteiger partial charge is 0.409 e. The molecule has 1 aromatic heterocycles. The highest BCUT2D eigenvalue weighted by atomic mass is 35.5. The van der Waals surface area contributed by atoms with Crippen molar-refractivity contribution >= 4 is 34.9 Å². The van der Waals surface area contributed by atoms with Crippen LogP contribution >= 0.6 is 22.9 Å². The third-order valence-corrected chi connectivity index (χ3v) is 5.87.